The Labute approximate surface area is 252 Å². The van der Waals surface area contributed by atoms with Gasteiger partial charge in [0.15, 0.2) is 0 Å². The van der Waals surface area contributed by atoms with Crippen LogP contribution in [0.3, 0.4) is 0 Å². The molecular formula is C32H41N5O6. The number of fused-ring (bicyclic) bond motifs is 3. The molecule has 0 aromatic heterocycles. The minimum absolute atomic E-state index is 0.121. The minimum Gasteiger partial charge on any atom is -0.496 e. The van der Waals surface area contributed by atoms with Crippen molar-refractivity contribution in [3.05, 3.63) is 65.9 Å². The second-order valence-corrected chi connectivity index (χ2v) is 11.4. The van der Waals surface area contributed by atoms with Gasteiger partial charge in [-0.25, -0.2) is 0 Å². The van der Waals surface area contributed by atoms with Gasteiger partial charge in [0.05, 0.1) is 13.7 Å². The van der Waals surface area contributed by atoms with Crippen molar-refractivity contribution >= 4 is 29.7 Å². The average molecular weight is 592 g/mol. The molecule has 0 spiro atoms. The van der Waals surface area contributed by atoms with Crippen LogP contribution in [0, 0.1) is 5.92 Å². The molecule has 11 heteroatoms. The maximum Gasteiger partial charge on any atom is 0.247 e. The van der Waals surface area contributed by atoms with E-state index in [0.717, 1.165) is 5.56 Å². The van der Waals surface area contributed by atoms with Gasteiger partial charge in [-0.3, -0.25) is 19.2 Å². The maximum atomic E-state index is 14.0. The highest BCUT2D eigenvalue weighted by molar-refractivity contribution is 5.95. The Bertz CT molecular complexity index is 1350. The van der Waals surface area contributed by atoms with Gasteiger partial charge in [-0.05, 0) is 49.9 Å². The van der Waals surface area contributed by atoms with E-state index in [0.29, 0.717) is 23.5 Å². The minimum atomic E-state index is -1.04. The number of carbonyl (C=O) groups excluding carboxylic acids is 4. The standard InChI is InChI=1S/C32H41N5O6/c1-20(2)28(35-27(38)19-36(3)4)32(41)37-16-14-26-29(37)31(40)34-24(17-21-9-7-6-8-10-21)30(39)33-15-13-22-18-23(43-26)11-12-25(22)42-5/h6-13,15,18,20,24,26,28-29H,14,16-17,19H2,1-5H3,(H,33,39)(H,34,40)(H,35,38)/t24-,26+,28+,29+/m0/s1. The van der Waals surface area contributed by atoms with Crippen molar-refractivity contribution < 1.29 is 28.7 Å². The Hall–Kier alpha value is -4.38. The summed E-state index contributed by atoms with van der Waals surface area (Å²) in [5.41, 5.74) is 1.53. The summed E-state index contributed by atoms with van der Waals surface area (Å²) in [6.07, 6.45) is 3.14. The third-order valence-electron chi connectivity index (χ3n) is 7.50. The quantitative estimate of drug-likeness (QED) is 0.425. The van der Waals surface area contributed by atoms with Gasteiger partial charge in [0, 0.05) is 31.1 Å². The number of ether oxygens (including phenoxy) is 2. The van der Waals surface area contributed by atoms with Crippen LogP contribution in [0.4, 0.5) is 0 Å². The fraction of sp³-hybridized carbons (Fsp3) is 0.438. The van der Waals surface area contributed by atoms with Gasteiger partial charge >= 0.3 is 0 Å². The number of methoxy groups -OCH3 is 1. The molecule has 1 fully saturated rings. The zero-order chi connectivity index (χ0) is 31.1. The van der Waals surface area contributed by atoms with Crippen LogP contribution >= 0.6 is 0 Å². The molecule has 3 N–H and O–H groups in total. The van der Waals surface area contributed by atoms with Crippen molar-refractivity contribution in [3.8, 4) is 11.5 Å². The smallest absolute Gasteiger partial charge is 0.247 e. The molecule has 2 aromatic rings. The molecule has 2 bridgehead atoms. The molecule has 0 aliphatic carbocycles. The van der Waals surface area contributed by atoms with Gasteiger partial charge in [-0.1, -0.05) is 44.2 Å². The molecule has 4 rings (SSSR count). The molecule has 2 aliphatic heterocycles. The van der Waals surface area contributed by atoms with E-state index >= 15 is 0 Å². The van der Waals surface area contributed by atoms with Crippen LogP contribution in [-0.4, -0.2) is 92.0 Å². The Balaban J connectivity index is 1.70. The van der Waals surface area contributed by atoms with E-state index in [1.54, 1.807) is 50.4 Å². The van der Waals surface area contributed by atoms with Crippen LogP contribution < -0.4 is 25.4 Å². The first-order valence-electron chi connectivity index (χ1n) is 14.5. The number of likely N-dealkylation sites (tertiary alicyclic amines) is 1. The Morgan fingerprint density at radius 1 is 1.12 bits per heavy atom. The molecule has 4 amide bonds. The molecule has 0 saturated carbocycles. The summed E-state index contributed by atoms with van der Waals surface area (Å²) < 4.78 is 11.8. The van der Waals surface area contributed by atoms with Crippen LogP contribution in [-0.2, 0) is 25.6 Å². The van der Waals surface area contributed by atoms with E-state index < -0.39 is 36.0 Å². The van der Waals surface area contributed by atoms with Gasteiger partial charge in [-0.2, -0.15) is 0 Å². The molecular weight excluding hydrogens is 550 g/mol. The van der Waals surface area contributed by atoms with E-state index in [9.17, 15) is 19.2 Å². The van der Waals surface area contributed by atoms with Gasteiger partial charge in [0.25, 0.3) is 0 Å². The van der Waals surface area contributed by atoms with Crippen LogP contribution in [0.1, 0.15) is 31.4 Å². The molecule has 2 aromatic carbocycles. The summed E-state index contributed by atoms with van der Waals surface area (Å²) in [7, 11) is 5.10. The van der Waals surface area contributed by atoms with Crippen molar-refractivity contribution in [2.75, 3.05) is 34.3 Å². The molecule has 1 saturated heterocycles. The van der Waals surface area contributed by atoms with Gasteiger partial charge in [0.2, 0.25) is 23.6 Å². The van der Waals surface area contributed by atoms with Crippen LogP contribution in [0.5, 0.6) is 11.5 Å². The SMILES string of the molecule is COc1ccc2cc1C=CNC(=O)[C@H](Cc1ccccc1)NC(=O)[C@H]1[C@@H](CCN1C(=O)[C@H](NC(=O)CN(C)C)C(C)C)O2. The highest BCUT2D eigenvalue weighted by atomic mass is 16.5. The average Bonchev–Trinajstić information content (AvgIpc) is 3.38. The number of rotatable bonds is 8. The Morgan fingerprint density at radius 3 is 2.53 bits per heavy atom. The predicted octanol–water partition coefficient (Wildman–Crippen LogP) is 1.57. The van der Waals surface area contributed by atoms with Crippen molar-refractivity contribution in [1.29, 1.82) is 0 Å². The van der Waals surface area contributed by atoms with Crippen LogP contribution in [0.2, 0.25) is 0 Å². The fourth-order valence-corrected chi connectivity index (χ4v) is 5.36. The van der Waals surface area contributed by atoms with Gasteiger partial charge in [0.1, 0.15) is 35.7 Å². The number of nitrogens with zero attached hydrogens (tertiary/aromatic N) is 2. The zero-order valence-electron chi connectivity index (χ0n) is 25.3. The molecule has 0 radical (unpaired) electrons. The number of benzene rings is 2. The lowest BCUT2D eigenvalue weighted by Crippen LogP contribution is -2.60. The van der Waals surface area contributed by atoms with Crippen molar-refractivity contribution in [2.24, 2.45) is 5.92 Å². The lowest BCUT2D eigenvalue weighted by atomic mass is 10.0. The third-order valence-corrected chi connectivity index (χ3v) is 7.50. The van der Waals surface area contributed by atoms with Crippen LogP contribution in [0.25, 0.3) is 6.08 Å². The summed E-state index contributed by atoms with van der Waals surface area (Å²) in [5, 5.41) is 8.52. The molecule has 2 heterocycles. The van der Waals surface area contributed by atoms with Crippen LogP contribution in [0.15, 0.2) is 54.7 Å². The first-order chi connectivity index (χ1) is 20.6. The zero-order valence-corrected chi connectivity index (χ0v) is 25.3. The molecule has 230 valence electrons. The molecule has 2 aliphatic rings. The summed E-state index contributed by atoms with van der Waals surface area (Å²) in [6, 6.07) is 11.8. The molecule has 43 heavy (non-hydrogen) atoms. The third kappa shape index (κ3) is 7.92. The number of amides is 4. The lowest BCUT2D eigenvalue weighted by Gasteiger charge is -2.33. The highest BCUT2D eigenvalue weighted by Gasteiger charge is 2.46. The number of nitrogens with one attached hydrogen (secondary N) is 3. The first-order valence-corrected chi connectivity index (χ1v) is 14.5. The second kappa shape index (κ2) is 14.2. The molecule has 4 atom stereocenters. The highest BCUT2D eigenvalue weighted by Crippen LogP contribution is 2.30. The van der Waals surface area contributed by atoms with Crippen molar-refractivity contribution in [2.45, 2.75) is 50.9 Å². The topological polar surface area (TPSA) is 129 Å². The number of carbonyl (C=O) groups is 4. The summed E-state index contributed by atoms with van der Waals surface area (Å²) in [6.45, 7) is 4.06. The predicted molar refractivity (Wildman–Crippen MR) is 162 cm³/mol. The van der Waals surface area contributed by atoms with Gasteiger partial charge < -0.3 is 35.2 Å². The first kappa shape index (κ1) is 31.6. The number of likely N-dealkylation sites (N-methyl/N-ethyl adjacent to an activating group) is 1. The maximum absolute atomic E-state index is 14.0. The second-order valence-electron chi connectivity index (χ2n) is 11.4. The summed E-state index contributed by atoms with van der Waals surface area (Å²) in [4.78, 5) is 57.3. The fourth-order valence-electron chi connectivity index (χ4n) is 5.36. The number of hydrogen-bond donors (Lipinski definition) is 3. The number of hydrogen-bond acceptors (Lipinski definition) is 7. The molecule has 11 nitrogen and oxygen atoms in total. The van der Waals surface area contributed by atoms with Gasteiger partial charge in [-0.15, -0.1) is 0 Å². The summed E-state index contributed by atoms with van der Waals surface area (Å²) in [5.74, 6) is -0.749. The van der Waals surface area contributed by atoms with E-state index in [-0.39, 0.29) is 37.2 Å². The molecule has 0 unspecified atom stereocenters. The largest absolute Gasteiger partial charge is 0.496 e. The van der Waals surface area contributed by atoms with E-state index in [2.05, 4.69) is 16.0 Å². The van der Waals surface area contributed by atoms with E-state index in [1.807, 2.05) is 44.2 Å². The monoisotopic (exact) mass is 591 g/mol. The van der Waals surface area contributed by atoms with E-state index in [1.165, 1.54) is 11.1 Å². The van der Waals surface area contributed by atoms with Crippen molar-refractivity contribution in [1.82, 2.24) is 25.8 Å². The Morgan fingerprint density at radius 2 is 1.86 bits per heavy atom. The Kier molecular flexibility index (Phi) is 10.4. The van der Waals surface area contributed by atoms with E-state index in [4.69, 9.17) is 9.47 Å². The lowest BCUT2D eigenvalue weighted by molar-refractivity contribution is -0.144. The normalized spacial score (nSPS) is 21.0. The summed E-state index contributed by atoms with van der Waals surface area (Å²) >= 11 is 0. The van der Waals surface area contributed by atoms with Crippen molar-refractivity contribution in [3.63, 3.8) is 0 Å².